The zero-order chi connectivity index (χ0) is 16.9. The molecule has 0 aromatic heterocycles. The van der Waals surface area contributed by atoms with E-state index >= 15 is 0 Å². The van der Waals surface area contributed by atoms with Crippen LogP contribution in [0.15, 0.2) is 28.7 Å². The molecule has 0 bridgehead atoms. The van der Waals surface area contributed by atoms with Crippen LogP contribution >= 0.6 is 15.9 Å². The lowest BCUT2D eigenvalue weighted by Gasteiger charge is -2.18. The first-order chi connectivity index (χ1) is 10.8. The van der Waals surface area contributed by atoms with E-state index in [9.17, 15) is 18.0 Å². The molecule has 1 heterocycles. The highest BCUT2D eigenvalue weighted by molar-refractivity contribution is 9.10. The van der Waals surface area contributed by atoms with Crippen LogP contribution in [0.5, 0.6) is 0 Å². The Hall–Kier alpha value is -1.28. The molecule has 8 heteroatoms. The van der Waals surface area contributed by atoms with Crippen LogP contribution in [0.25, 0.3) is 0 Å². The molecule has 0 unspecified atom stereocenters. The maximum atomic E-state index is 12.3. The minimum Gasteiger partial charge on any atom is -0.338 e. The first-order valence-corrected chi connectivity index (χ1v) is 8.16. The highest BCUT2D eigenvalue weighted by Gasteiger charge is 2.34. The molecule has 2 rings (SSSR count). The van der Waals surface area contributed by atoms with Gasteiger partial charge in [-0.25, -0.2) is 4.79 Å². The van der Waals surface area contributed by atoms with Gasteiger partial charge in [0.2, 0.25) is 0 Å². The summed E-state index contributed by atoms with van der Waals surface area (Å²) < 4.78 is 37.9. The van der Waals surface area contributed by atoms with E-state index in [2.05, 4.69) is 26.6 Å². The maximum absolute atomic E-state index is 12.3. The van der Waals surface area contributed by atoms with Crippen LogP contribution in [0.4, 0.5) is 18.0 Å². The van der Waals surface area contributed by atoms with Crippen LogP contribution < -0.4 is 10.6 Å². The molecule has 23 heavy (non-hydrogen) atoms. The van der Waals surface area contributed by atoms with Gasteiger partial charge in [-0.2, -0.15) is 13.2 Å². The van der Waals surface area contributed by atoms with Crippen LogP contribution in [0.3, 0.4) is 0 Å². The molecule has 0 saturated carbocycles. The van der Waals surface area contributed by atoms with Crippen molar-refractivity contribution in [3.8, 4) is 0 Å². The molecule has 1 aromatic rings. The third-order valence-electron chi connectivity index (χ3n) is 3.67. The van der Waals surface area contributed by atoms with Crippen molar-refractivity contribution in [1.29, 1.82) is 0 Å². The number of halogens is 4. The number of alkyl halides is 3. The second kappa shape index (κ2) is 8.01. The SMILES string of the molecule is O=C(NCc1cccc(Br)c1)NC[C@@H]1CCN(CC(F)(F)F)C1. The molecule has 0 aliphatic carbocycles. The zero-order valence-electron chi connectivity index (χ0n) is 12.5. The number of amides is 2. The number of carbonyl (C=O) groups is 1. The fraction of sp³-hybridized carbons (Fsp3) is 0.533. The Morgan fingerprint density at radius 3 is 2.83 bits per heavy atom. The molecule has 1 aliphatic heterocycles. The molecular formula is C15H19BrF3N3O. The minimum absolute atomic E-state index is 0.0639. The minimum atomic E-state index is -4.16. The summed E-state index contributed by atoms with van der Waals surface area (Å²) in [4.78, 5) is 13.1. The van der Waals surface area contributed by atoms with Gasteiger partial charge in [-0.15, -0.1) is 0 Å². The first kappa shape index (κ1) is 18.1. The summed E-state index contributed by atoms with van der Waals surface area (Å²) in [5.41, 5.74) is 0.965. The number of nitrogens with one attached hydrogen (secondary N) is 2. The molecule has 0 spiro atoms. The predicted molar refractivity (Wildman–Crippen MR) is 85.0 cm³/mol. The van der Waals surface area contributed by atoms with E-state index in [4.69, 9.17) is 0 Å². The highest BCUT2D eigenvalue weighted by Crippen LogP contribution is 2.22. The van der Waals surface area contributed by atoms with Crippen molar-refractivity contribution in [3.63, 3.8) is 0 Å². The summed E-state index contributed by atoms with van der Waals surface area (Å²) in [6.07, 6.45) is -3.49. The molecule has 0 radical (unpaired) electrons. The average molecular weight is 394 g/mol. The summed E-state index contributed by atoms with van der Waals surface area (Å²) in [6, 6.07) is 7.28. The number of hydrogen-bond acceptors (Lipinski definition) is 2. The van der Waals surface area contributed by atoms with Gasteiger partial charge in [0.15, 0.2) is 0 Å². The van der Waals surface area contributed by atoms with E-state index in [-0.39, 0.29) is 11.9 Å². The summed E-state index contributed by atoms with van der Waals surface area (Å²) in [5, 5.41) is 5.46. The van der Waals surface area contributed by atoms with Crippen molar-refractivity contribution in [2.45, 2.75) is 19.1 Å². The molecule has 128 valence electrons. The molecule has 1 aliphatic rings. The quantitative estimate of drug-likeness (QED) is 0.806. The van der Waals surface area contributed by atoms with Gasteiger partial charge in [-0.05, 0) is 36.6 Å². The van der Waals surface area contributed by atoms with E-state index in [0.717, 1.165) is 10.0 Å². The van der Waals surface area contributed by atoms with E-state index in [0.29, 0.717) is 32.6 Å². The average Bonchev–Trinajstić information content (AvgIpc) is 2.88. The van der Waals surface area contributed by atoms with Gasteiger partial charge in [-0.1, -0.05) is 28.1 Å². The standard InChI is InChI=1S/C15H19BrF3N3O/c16-13-3-1-2-11(6-13)7-20-14(23)21-8-12-4-5-22(9-12)10-15(17,18)19/h1-3,6,12H,4-5,7-10H2,(H2,20,21,23)/t12-/m0/s1. The number of urea groups is 1. The van der Waals surface area contributed by atoms with Crippen molar-refractivity contribution in [2.24, 2.45) is 5.92 Å². The molecular weight excluding hydrogens is 375 g/mol. The Balaban J connectivity index is 1.65. The lowest BCUT2D eigenvalue weighted by atomic mass is 10.1. The summed E-state index contributed by atoms with van der Waals surface area (Å²) in [7, 11) is 0. The van der Waals surface area contributed by atoms with E-state index < -0.39 is 12.7 Å². The molecule has 2 amide bonds. The second-order valence-electron chi connectivity index (χ2n) is 5.70. The van der Waals surface area contributed by atoms with E-state index in [1.165, 1.54) is 4.90 Å². The fourth-order valence-electron chi connectivity index (χ4n) is 2.61. The number of rotatable bonds is 5. The van der Waals surface area contributed by atoms with Gasteiger partial charge in [0, 0.05) is 24.1 Å². The largest absolute Gasteiger partial charge is 0.401 e. The van der Waals surface area contributed by atoms with Crippen LogP contribution in [-0.4, -0.2) is 43.3 Å². The van der Waals surface area contributed by atoms with Crippen molar-refractivity contribution >= 4 is 22.0 Å². The fourth-order valence-corrected chi connectivity index (χ4v) is 3.05. The van der Waals surface area contributed by atoms with Crippen LogP contribution in [0.2, 0.25) is 0 Å². The lowest BCUT2D eigenvalue weighted by Crippen LogP contribution is -2.39. The Morgan fingerprint density at radius 1 is 1.35 bits per heavy atom. The van der Waals surface area contributed by atoms with E-state index in [1.807, 2.05) is 24.3 Å². The van der Waals surface area contributed by atoms with Gasteiger partial charge in [-0.3, -0.25) is 4.90 Å². The van der Waals surface area contributed by atoms with Gasteiger partial charge < -0.3 is 10.6 Å². The molecule has 1 fully saturated rings. The van der Waals surface area contributed by atoms with Crippen molar-refractivity contribution in [3.05, 3.63) is 34.3 Å². The third kappa shape index (κ3) is 6.78. The monoisotopic (exact) mass is 393 g/mol. The number of hydrogen-bond donors (Lipinski definition) is 2. The molecule has 1 aromatic carbocycles. The van der Waals surface area contributed by atoms with E-state index in [1.54, 1.807) is 0 Å². The van der Waals surface area contributed by atoms with Gasteiger partial charge in [0.1, 0.15) is 0 Å². The zero-order valence-corrected chi connectivity index (χ0v) is 14.1. The van der Waals surface area contributed by atoms with Crippen molar-refractivity contribution in [2.75, 3.05) is 26.2 Å². The molecule has 4 nitrogen and oxygen atoms in total. The van der Waals surface area contributed by atoms with Crippen LogP contribution in [0, 0.1) is 5.92 Å². The predicted octanol–water partition coefficient (Wildman–Crippen LogP) is 3.13. The van der Waals surface area contributed by atoms with Crippen molar-refractivity contribution < 1.29 is 18.0 Å². The molecule has 2 N–H and O–H groups in total. The Bertz CT molecular complexity index is 539. The van der Waals surface area contributed by atoms with Gasteiger partial charge >= 0.3 is 12.2 Å². The topological polar surface area (TPSA) is 44.4 Å². The lowest BCUT2D eigenvalue weighted by molar-refractivity contribution is -0.143. The smallest absolute Gasteiger partial charge is 0.338 e. The number of carbonyl (C=O) groups excluding carboxylic acids is 1. The number of likely N-dealkylation sites (tertiary alicyclic amines) is 1. The number of nitrogens with zero attached hydrogens (tertiary/aromatic N) is 1. The summed E-state index contributed by atoms with van der Waals surface area (Å²) >= 11 is 3.36. The second-order valence-corrected chi connectivity index (χ2v) is 6.61. The maximum Gasteiger partial charge on any atom is 0.401 e. The summed E-state index contributed by atoms with van der Waals surface area (Å²) in [5.74, 6) is 0.0639. The Kier molecular flexibility index (Phi) is 6.29. The first-order valence-electron chi connectivity index (χ1n) is 7.37. The third-order valence-corrected chi connectivity index (χ3v) is 4.16. The van der Waals surface area contributed by atoms with Crippen LogP contribution in [0.1, 0.15) is 12.0 Å². The molecule has 1 saturated heterocycles. The molecule has 1 atom stereocenters. The van der Waals surface area contributed by atoms with Crippen LogP contribution in [-0.2, 0) is 6.54 Å². The Morgan fingerprint density at radius 2 is 2.13 bits per heavy atom. The Labute approximate surface area is 141 Å². The highest BCUT2D eigenvalue weighted by atomic mass is 79.9. The normalized spacial score (nSPS) is 18.9. The van der Waals surface area contributed by atoms with Gasteiger partial charge in [0.05, 0.1) is 6.54 Å². The van der Waals surface area contributed by atoms with Crippen molar-refractivity contribution in [1.82, 2.24) is 15.5 Å². The summed E-state index contributed by atoms with van der Waals surface area (Å²) in [6.45, 7) is 0.699. The van der Waals surface area contributed by atoms with Gasteiger partial charge in [0.25, 0.3) is 0 Å². The number of benzene rings is 1.